The van der Waals surface area contributed by atoms with Gasteiger partial charge in [0.1, 0.15) is 6.04 Å². The second kappa shape index (κ2) is 12.6. The van der Waals surface area contributed by atoms with Gasteiger partial charge in [-0.15, -0.1) is 67.9 Å². The number of aromatic nitrogens is 2. The highest BCUT2D eigenvalue weighted by atomic mass is 79.9. The summed E-state index contributed by atoms with van der Waals surface area (Å²) in [6.45, 7) is 0. The van der Waals surface area contributed by atoms with Crippen molar-refractivity contribution in [3.8, 4) is 0 Å². The molecule has 0 saturated carbocycles. The third-order valence-corrected chi connectivity index (χ3v) is 1.31. The molecular weight excluding hydrogens is 466 g/mol. The van der Waals surface area contributed by atoms with Gasteiger partial charge in [0.2, 0.25) is 0 Å². The number of carbonyl (C=O) groups is 1. The third-order valence-electron chi connectivity index (χ3n) is 1.31. The number of carboxylic acids is 1. The number of hydrogen-bond donors (Lipinski definition) is 3. The minimum atomic E-state index is -1.00. The van der Waals surface area contributed by atoms with E-state index in [1.807, 2.05) is 0 Å². The lowest BCUT2D eigenvalue weighted by atomic mass is 10.2. The maximum atomic E-state index is 10.3. The van der Waals surface area contributed by atoms with Crippen LogP contribution < -0.4 is 5.73 Å². The molecule has 1 aromatic heterocycles. The summed E-state index contributed by atoms with van der Waals surface area (Å²) in [5, 5.41) is 8.42. The lowest BCUT2D eigenvalue weighted by Crippen LogP contribution is -2.32. The molecule has 1 heterocycles. The Kier molecular flexibility index (Phi) is 20.8. The van der Waals surface area contributed by atoms with Crippen LogP contribution in [-0.2, 0) is 11.2 Å². The molecule has 0 bridgehead atoms. The van der Waals surface area contributed by atoms with Gasteiger partial charge in [-0.3, -0.25) is 4.79 Å². The fourth-order valence-corrected chi connectivity index (χ4v) is 0.721. The summed E-state index contributed by atoms with van der Waals surface area (Å²) in [4.78, 5) is 16.8. The average molecular weight is 479 g/mol. The molecule has 1 atom stereocenters. The smallest absolute Gasteiger partial charge is 0.320 e. The first kappa shape index (κ1) is 24.7. The number of imidazole rings is 1. The quantitative estimate of drug-likeness (QED) is 0.616. The first-order valence-electron chi connectivity index (χ1n) is 3.16. The molecule has 0 aliphatic carbocycles. The molecule has 0 spiro atoms. The van der Waals surface area contributed by atoms with Crippen LogP contribution in [0.5, 0.6) is 0 Å². The van der Waals surface area contributed by atoms with Crippen molar-refractivity contribution in [3.05, 3.63) is 18.2 Å². The van der Waals surface area contributed by atoms with Crippen molar-refractivity contribution >= 4 is 73.9 Å². The first-order chi connectivity index (χ1) is 5.20. The number of nitrogens with zero attached hydrogens (tertiary/aromatic N) is 1. The molecule has 1 rings (SSSR count). The maximum Gasteiger partial charge on any atom is 0.320 e. The number of carboxylic acid groups (broad SMARTS) is 1. The average Bonchev–Trinajstić information content (AvgIpc) is 2.39. The molecule has 1 aromatic rings. The molecule has 92 valence electrons. The Morgan fingerprint density at radius 2 is 2.00 bits per heavy atom. The van der Waals surface area contributed by atoms with E-state index in [4.69, 9.17) is 10.8 Å². The summed E-state index contributed by atoms with van der Waals surface area (Å²) >= 11 is 0. The summed E-state index contributed by atoms with van der Waals surface area (Å²) in [5.74, 6) is -1.00. The van der Waals surface area contributed by atoms with E-state index < -0.39 is 12.0 Å². The SMILES string of the molecule is Br.Br.Br.Br.N[C@@H](Cc1cnc[nH]1)C(=O)O. The molecular formula is C6H13Br4N3O2. The van der Waals surface area contributed by atoms with E-state index >= 15 is 0 Å². The summed E-state index contributed by atoms with van der Waals surface area (Å²) < 4.78 is 0. The normalized spacial score (nSPS) is 9.40. The lowest BCUT2D eigenvalue weighted by Gasteiger charge is -2.02. The fraction of sp³-hybridized carbons (Fsp3) is 0.333. The van der Waals surface area contributed by atoms with Crippen molar-refractivity contribution in [2.75, 3.05) is 0 Å². The zero-order valence-electron chi connectivity index (χ0n) is 7.45. The van der Waals surface area contributed by atoms with Crippen molar-refractivity contribution < 1.29 is 9.90 Å². The van der Waals surface area contributed by atoms with Gasteiger partial charge in [-0.25, -0.2) is 4.98 Å². The Labute approximate surface area is 129 Å². The van der Waals surface area contributed by atoms with Gasteiger partial charge in [-0.05, 0) is 0 Å². The number of halogens is 4. The molecule has 4 N–H and O–H groups in total. The number of nitrogens with one attached hydrogen (secondary N) is 1. The Balaban J connectivity index is -0.000000151. The highest BCUT2D eigenvalue weighted by molar-refractivity contribution is 8.93. The van der Waals surface area contributed by atoms with E-state index in [0.29, 0.717) is 0 Å². The lowest BCUT2D eigenvalue weighted by molar-refractivity contribution is -0.138. The maximum absolute atomic E-state index is 10.3. The van der Waals surface area contributed by atoms with Crippen molar-refractivity contribution in [3.63, 3.8) is 0 Å². The van der Waals surface area contributed by atoms with Crippen molar-refractivity contribution in [1.29, 1.82) is 0 Å². The van der Waals surface area contributed by atoms with Crippen LogP contribution in [0, 0.1) is 0 Å². The number of nitrogens with two attached hydrogens (primary N) is 1. The minimum absolute atomic E-state index is 0. The molecule has 0 amide bonds. The molecule has 0 fully saturated rings. The number of hydrogen-bond acceptors (Lipinski definition) is 3. The number of aliphatic carboxylic acids is 1. The standard InChI is InChI=1S/C6H9N3O2.4BrH/c7-5(6(10)11)1-4-2-8-3-9-4;;;;/h2-3,5H,1,7H2,(H,8,9)(H,10,11);4*1H/t5-;;;;/m0..../s1. The number of H-pyrrole nitrogens is 1. The Morgan fingerprint density at radius 1 is 1.47 bits per heavy atom. The van der Waals surface area contributed by atoms with E-state index in [1.165, 1.54) is 6.33 Å². The van der Waals surface area contributed by atoms with Crippen LogP contribution in [0.15, 0.2) is 12.5 Å². The molecule has 0 saturated heterocycles. The van der Waals surface area contributed by atoms with Crippen molar-refractivity contribution in [1.82, 2.24) is 9.97 Å². The fourth-order valence-electron chi connectivity index (χ4n) is 0.721. The first-order valence-corrected chi connectivity index (χ1v) is 3.16. The van der Waals surface area contributed by atoms with Gasteiger partial charge in [0.15, 0.2) is 0 Å². The second-order valence-corrected chi connectivity index (χ2v) is 2.23. The van der Waals surface area contributed by atoms with E-state index in [2.05, 4.69) is 9.97 Å². The van der Waals surface area contributed by atoms with Gasteiger partial charge < -0.3 is 15.8 Å². The summed E-state index contributed by atoms with van der Waals surface area (Å²) in [7, 11) is 0. The predicted molar refractivity (Wildman–Crippen MR) is 79.2 cm³/mol. The van der Waals surface area contributed by atoms with Crippen molar-refractivity contribution in [2.45, 2.75) is 12.5 Å². The summed E-state index contributed by atoms with van der Waals surface area (Å²) in [6.07, 6.45) is 3.34. The molecule has 5 nitrogen and oxygen atoms in total. The van der Waals surface area contributed by atoms with Crippen LogP contribution in [0.25, 0.3) is 0 Å². The zero-order valence-corrected chi connectivity index (χ0v) is 14.3. The van der Waals surface area contributed by atoms with Gasteiger partial charge in [0, 0.05) is 18.3 Å². The second-order valence-electron chi connectivity index (χ2n) is 2.23. The van der Waals surface area contributed by atoms with Crippen LogP contribution in [0.4, 0.5) is 0 Å². The van der Waals surface area contributed by atoms with Crippen LogP contribution >= 0.6 is 67.9 Å². The Bertz CT molecular complexity index is 245. The molecule has 0 unspecified atom stereocenters. The van der Waals surface area contributed by atoms with E-state index in [-0.39, 0.29) is 74.3 Å². The van der Waals surface area contributed by atoms with E-state index in [0.717, 1.165) is 5.69 Å². The zero-order chi connectivity index (χ0) is 8.27. The summed E-state index contributed by atoms with van der Waals surface area (Å²) in [6, 6.07) is -0.851. The molecule has 0 radical (unpaired) electrons. The van der Waals surface area contributed by atoms with E-state index in [9.17, 15) is 4.79 Å². The monoisotopic (exact) mass is 475 g/mol. The van der Waals surface area contributed by atoms with Crippen LogP contribution in [0.1, 0.15) is 5.69 Å². The Morgan fingerprint density at radius 3 is 2.33 bits per heavy atom. The highest BCUT2D eigenvalue weighted by Gasteiger charge is 2.11. The third kappa shape index (κ3) is 9.49. The van der Waals surface area contributed by atoms with Gasteiger partial charge in [0.05, 0.1) is 6.33 Å². The number of rotatable bonds is 3. The molecule has 9 heteroatoms. The van der Waals surface area contributed by atoms with Crippen LogP contribution in [-0.4, -0.2) is 27.1 Å². The van der Waals surface area contributed by atoms with Gasteiger partial charge >= 0.3 is 5.97 Å². The topological polar surface area (TPSA) is 92.0 Å². The molecule has 0 aliphatic rings. The highest BCUT2D eigenvalue weighted by Crippen LogP contribution is 1.95. The molecule has 15 heavy (non-hydrogen) atoms. The molecule has 0 aliphatic heterocycles. The predicted octanol–water partition coefficient (Wildman–Crippen LogP) is 1.68. The summed E-state index contributed by atoms with van der Waals surface area (Å²) in [5.41, 5.74) is 6.00. The minimum Gasteiger partial charge on any atom is -0.480 e. The largest absolute Gasteiger partial charge is 0.480 e. The van der Waals surface area contributed by atoms with Crippen molar-refractivity contribution in [2.24, 2.45) is 5.73 Å². The van der Waals surface area contributed by atoms with E-state index in [1.54, 1.807) is 6.20 Å². The van der Waals surface area contributed by atoms with Gasteiger partial charge in [-0.2, -0.15) is 0 Å². The molecule has 0 aromatic carbocycles. The number of aromatic amines is 1. The Hall–Kier alpha value is 0.560. The van der Waals surface area contributed by atoms with Gasteiger partial charge in [0.25, 0.3) is 0 Å². The van der Waals surface area contributed by atoms with Crippen LogP contribution in [0.2, 0.25) is 0 Å². The van der Waals surface area contributed by atoms with Gasteiger partial charge in [-0.1, -0.05) is 0 Å². The van der Waals surface area contributed by atoms with Crippen LogP contribution in [0.3, 0.4) is 0 Å².